The molecule has 3 aromatic carbocycles. The molecule has 0 aliphatic heterocycles. The fourth-order valence-electron chi connectivity index (χ4n) is 4.55. The van der Waals surface area contributed by atoms with Gasteiger partial charge in [0.2, 0.25) is 21.8 Å². The van der Waals surface area contributed by atoms with Crippen LogP contribution in [0.2, 0.25) is 0 Å². The molecule has 0 aromatic heterocycles. The minimum atomic E-state index is -3.62. The van der Waals surface area contributed by atoms with E-state index in [0.29, 0.717) is 17.9 Å². The van der Waals surface area contributed by atoms with Crippen LogP contribution in [-0.4, -0.2) is 57.1 Å². The second-order valence-electron chi connectivity index (χ2n) is 10.3. The lowest BCUT2D eigenvalue weighted by molar-refractivity contribution is -0.141. The Morgan fingerprint density at radius 1 is 0.976 bits per heavy atom. The van der Waals surface area contributed by atoms with Gasteiger partial charge in [-0.3, -0.25) is 13.9 Å². The van der Waals surface area contributed by atoms with Crippen LogP contribution in [0, 0.1) is 0 Å². The standard InChI is InChI=1S/C32H40BrN3O5S/c1-5-24(2)34-32(38)30(21-25-11-7-6-8-12-25)35(23-26-16-18-27(33)19-17-26)31(37)15-10-20-36(42(4,39)40)28-13-9-14-29(22-28)41-3/h6-9,11-14,16-19,22,24,30H,5,10,15,20-21,23H2,1-4H3,(H,34,38)/t24-,30-/m1/s1. The zero-order chi connectivity index (χ0) is 30.7. The molecule has 0 aliphatic carbocycles. The molecule has 0 radical (unpaired) electrons. The van der Waals surface area contributed by atoms with Crippen molar-refractivity contribution in [2.75, 3.05) is 24.2 Å². The topological polar surface area (TPSA) is 96.0 Å². The predicted molar refractivity (Wildman–Crippen MR) is 171 cm³/mol. The molecule has 42 heavy (non-hydrogen) atoms. The van der Waals surface area contributed by atoms with Gasteiger partial charge in [-0.05, 0) is 55.2 Å². The van der Waals surface area contributed by atoms with E-state index in [1.807, 2.05) is 68.4 Å². The van der Waals surface area contributed by atoms with Crippen molar-refractivity contribution in [3.05, 3.63) is 94.5 Å². The first kappa shape index (κ1) is 33.1. The van der Waals surface area contributed by atoms with Crippen molar-refractivity contribution in [3.8, 4) is 5.75 Å². The maximum Gasteiger partial charge on any atom is 0.243 e. The van der Waals surface area contributed by atoms with Gasteiger partial charge in [-0.15, -0.1) is 0 Å². The van der Waals surface area contributed by atoms with E-state index in [-0.39, 0.29) is 43.8 Å². The van der Waals surface area contributed by atoms with E-state index in [1.54, 1.807) is 29.2 Å². The maximum atomic E-state index is 13.9. The molecular formula is C32H40BrN3O5S. The number of halogens is 1. The molecule has 1 N–H and O–H groups in total. The molecule has 0 spiro atoms. The Morgan fingerprint density at radius 3 is 2.29 bits per heavy atom. The molecule has 0 aliphatic rings. The summed E-state index contributed by atoms with van der Waals surface area (Å²) in [6.07, 6.45) is 2.59. The number of rotatable bonds is 15. The van der Waals surface area contributed by atoms with E-state index in [1.165, 1.54) is 11.4 Å². The summed E-state index contributed by atoms with van der Waals surface area (Å²) in [7, 11) is -2.10. The zero-order valence-electron chi connectivity index (χ0n) is 24.6. The number of amides is 2. The van der Waals surface area contributed by atoms with E-state index in [0.717, 1.165) is 28.3 Å². The summed E-state index contributed by atoms with van der Waals surface area (Å²) < 4.78 is 32.8. The molecule has 0 unspecified atom stereocenters. The van der Waals surface area contributed by atoms with Crippen LogP contribution in [0.4, 0.5) is 5.69 Å². The van der Waals surface area contributed by atoms with Gasteiger partial charge < -0.3 is 15.0 Å². The highest BCUT2D eigenvalue weighted by molar-refractivity contribution is 9.10. The van der Waals surface area contributed by atoms with Crippen LogP contribution < -0.4 is 14.4 Å². The van der Waals surface area contributed by atoms with Crippen molar-refractivity contribution in [1.29, 1.82) is 0 Å². The summed E-state index contributed by atoms with van der Waals surface area (Å²) in [4.78, 5) is 29.2. The molecule has 0 heterocycles. The number of anilines is 1. The van der Waals surface area contributed by atoms with Crippen LogP contribution >= 0.6 is 15.9 Å². The van der Waals surface area contributed by atoms with Crippen molar-refractivity contribution >= 4 is 43.5 Å². The second kappa shape index (κ2) is 15.7. The molecule has 0 bridgehead atoms. The van der Waals surface area contributed by atoms with Crippen molar-refractivity contribution in [1.82, 2.24) is 10.2 Å². The number of nitrogens with one attached hydrogen (secondary N) is 1. The highest BCUT2D eigenvalue weighted by Crippen LogP contribution is 2.24. The minimum absolute atomic E-state index is 0.0495. The van der Waals surface area contributed by atoms with Crippen LogP contribution in [0.5, 0.6) is 5.75 Å². The normalized spacial score (nSPS) is 12.7. The van der Waals surface area contributed by atoms with E-state index in [4.69, 9.17) is 4.74 Å². The first-order valence-corrected chi connectivity index (χ1v) is 16.7. The van der Waals surface area contributed by atoms with Crippen molar-refractivity contribution < 1.29 is 22.7 Å². The van der Waals surface area contributed by atoms with E-state index in [9.17, 15) is 18.0 Å². The minimum Gasteiger partial charge on any atom is -0.497 e. The number of carbonyl (C=O) groups is 2. The smallest absolute Gasteiger partial charge is 0.243 e. The molecule has 0 saturated carbocycles. The van der Waals surface area contributed by atoms with Gasteiger partial charge in [0.25, 0.3) is 0 Å². The monoisotopic (exact) mass is 657 g/mol. The summed E-state index contributed by atoms with van der Waals surface area (Å²) in [5.41, 5.74) is 2.29. The Bertz CT molecular complexity index is 1420. The zero-order valence-corrected chi connectivity index (χ0v) is 27.0. The third-order valence-electron chi connectivity index (χ3n) is 7.03. The Balaban J connectivity index is 1.89. The highest BCUT2D eigenvalue weighted by atomic mass is 79.9. The average Bonchev–Trinajstić information content (AvgIpc) is 2.97. The second-order valence-corrected chi connectivity index (χ2v) is 13.1. The third-order valence-corrected chi connectivity index (χ3v) is 8.75. The summed E-state index contributed by atoms with van der Waals surface area (Å²) in [5.74, 6) is 0.0963. The van der Waals surface area contributed by atoms with E-state index < -0.39 is 16.1 Å². The van der Waals surface area contributed by atoms with Gasteiger partial charge in [0, 0.05) is 42.5 Å². The average molecular weight is 659 g/mol. The Hall–Kier alpha value is -3.37. The number of carbonyl (C=O) groups excluding carboxylic acids is 2. The summed E-state index contributed by atoms with van der Waals surface area (Å²) in [6.45, 7) is 4.28. The lowest BCUT2D eigenvalue weighted by Gasteiger charge is -2.32. The number of sulfonamides is 1. The van der Waals surface area contributed by atoms with Gasteiger partial charge in [0.1, 0.15) is 11.8 Å². The number of hydrogen-bond acceptors (Lipinski definition) is 5. The number of methoxy groups -OCH3 is 1. The number of nitrogens with zero attached hydrogens (tertiary/aromatic N) is 2. The number of benzene rings is 3. The first-order chi connectivity index (χ1) is 20.0. The van der Waals surface area contributed by atoms with Gasteiger partial charge in [-0.2, -0.15) is 0 Å². The molecule has 0 saturated heterocycles. The van der Waals surface area contributed by atoms with E-state index >= 15 is 0 Å². The van der Waals surface area contributed by atoms with Crippen molar-refractivity contribution in [2.45, 2.75) is 58.2 Å². The Labute approximate surface area is 258 Å². The Kier molecular flexibility index (Phi) is 12.4. The van der Waals surface area contributed by atoms with Crippen LogP contribution in [0.1, 0.15) is 44.2 Å². The lowest BCUT2D eigenvalue weighted by atomic mass is 10.0. The van der Waals surface area contributed by atoms with Crippen LogP contribution in [0.15, 0.2) is 83.3 Å². The molecule has 3 rings (SSSR count). The number of ether oxygens (including phenoxy) is 1. The quantitative estimate of drug-likeness (QED) is 0.231. The third kappa shape index (κ3) is 9.87. The number of hydrogen-bond donors (Lipinski definition) is 1. The first-order valence-electron chi connectivity index (χ1n) is 14.0. The van der Waals surface area contributed by atoms with Crippen LogP contribution in [-0.2, 0) is 32.6 Å². The maximum absolute atomic E-state index is 13.9. The van der Waals surface area contributed by atoms with Crippen LogP contribution in [0.3, 0.4) is 0 Å². The molecule has 10 heteroatoms. The SMILES string of the molecule is CC[C@@H](C)NC(=O)[C@@H](Cc1ccccc1)N(Cc1ccc(Br)cc1)C(=O)CCCN(c1cccc(OC)c1)S(C)(=O)=O. The fraction of sp³-hybridized carbons (Fsp3) is 0.375. The van der Waals surface area contributed by atoms with Crippen molar-refractivity contribution in [3.63, 3.8) is 0 Å². The molecule has 2 atom stereocenters. The highest BCUT2D eigenvalue weighted by Gasteiger charge is 2.31. The summed E-state index contributed by atoms with van der Waals surface area (Å²) in [5, 5.41) is 3.07. The van der Waals surface area contributed by atoms with Crippen molar-refractivity contribution in [2.24, 2.45) is 0 Å². The van der Waals surface area contributed by atoms with Gasteiger partial charge in [0.15, 0.2) is 0 Å². The van der Waals surface area contributed by atoms with E-state index in [2.05, 4.69) is 21.2 Å². The lowest BCUT2D eigenvalue weighted by Crippen LogP contribution is -2.52. The predicted octanol–water partition coefficient (Wildman–Crippen LogP) is 5.56. The molecule has 0 fully saturated rings. The summed E-state index contributed by atoms with van der Waals surface area (Å²) >= 11 is 3.46. The van der Waals surface area contributed by atoms with Gasteiger partial charge in [-0.1, -0.05) is 71.4 Å². The van der Waals surface area contributed by atoms with Gasteiger partial charge >= 0.3 is 0 Å². The summed E-state index contributed by atoms with van der Waals surface area (Å²) in [6, 6.07) is 23.3. The molecule has 8 nitrogen and oxygen atoms in total. The Morgan fingerprint density at radius 2 is 1.67 bits per heavy atom. The molecular weight excluding hydrogens is 618 g/mol. The molecule has 226 valence electrons. The molecule has 2 amide bonds. The van der Waals surface area contributed by atoms with Crippen LogP contribution in [0.25, 0.3) is 0 Å². The molecule has 3 aromatic rings. The largest absolute Gasteiger partial charge is 0.497 e. The fourth-order valence-corrected chi connectivity index (χ4v) is 5.77. The van der Waals surface area contributed by atoms with Gasteiger partial charge in [0.05, 0.1) is 19.1 Å². The van der Waals surface area contributed by atoms with Gasteiger partial charge in [-0.25, -0.2) is 8.42 Å².